The van der Waals surface area contributed by atoms with Crippen molar-refractivity contribution < 1.29 is 19.1 Å². The summed E-state index contributed by atoms with van der Waals surface area (Å²) in [5.74, 6) is -0.436. The van der Waals surface area contributed by atoms with Crippen molar-refractivity contribution in [2.75, 3.05) is 44.8 Å². The Bertz CT molecular complexity index is 991. The molecule has 1 aromatic heterocycles. The molecular formula is C22H26N6O4. The van der Waals surface area contributed by atoms with Gasteiger partial charge in [0.05, 0.1) is 13.7 Å². The van der Waals surface area contributed by atoms with Crippen molar-refractivity contribution >= 4 is 23.8 Å². The zero-order valence-corrected chi connectivity index (χ0v) is 18.1. The zero-order valence-electron chi connectivity index (χ0n) is 18.1. The zero-order chi connectivity index (χ0) is 22.5. The average Bonchev–Trinajstić information content (AvgIpc) is 2.84. The molecule has 2 aromatic rings. The fourth-order valence-corrected chi connectivity index (χ4v) is 3.93. The van der Waals surface area contributed by atoms with Gasteiger partial charge in [-0.3, -0.25) is 14.9 Å². The summed E-state index contributed by atoms with van der Waals surface area (Å²) in [7, 11) is 1.55. The molecule has 0 spiro atoms. The summed E-state index contributed by atoms with van der Waals surface area (Å²) < 4.78 is 10.7. The van der Waals surface area contributed by atoms with Crippen molar-refractivity contribution in [1.29, 1.82) is 0 Å². The summed E-state index contributed by atoms with van der Waals surface area (Å²) in [4.78, 5) is 43.2. The topological polar surface area (TPSA) is 109 Å². The van der Waals surface area contributed by atoms with Gasteiger partial charge in [-0.1, -0.05) is 18.2 Å². The van der Waals surface area contributed by atoms with Gasteiger partial charge in [-0.25, -0.2) is 15.0 Å². The lowest BCUT2D eigenvalue weighted by molar-refractivity contribution is -0.153. The van der Waals surface area contributed by atoms with Crippen LogP contribution in [0.5, 0.6) is 5.75 Å². The van der Waals surface area contributed by atoms with Crippen molar-refractivity contribution in [1.82, 2.24) is 20.2 Å². The van der Waals surface area contributed by atoms with Crippen molar-refractivity contribution in [3.05, 3.63) is 48.3 Å². The van der Waals surface area contributed by atoms with Crippen LogP contribution in [0.15, 0.2) is 47.7 Å². The molecule has 3 heterocycles. The van der Waals surface area contributed by atoms with Gasteiger partial charge in [0.1, 0.15) is 11.8 Å². The summed E-state index contributed by atoms with van der Waals surface area (Å²) >= 11 is 0. The third-order valence-electron chi connectivity index (χ3n) is 5.51. The molecule has 1 amide bonds. The van der Waals surface area contributed by atoms with Gasteiger partial charge in [0, 0.05) is 44.1 Å². The lowest BCUT2D eigenvalue weighted by atomic mass is 9.90. The summed E-state index contributed by atoms with van der Waals surface area (Å²) in [5.41, 5.74) is 0.664. The maximum atomic E-state index is 13.0. The number of esters is 1. The number of benzene rings is 1. The number of carbonyl (C=O) groups excluding carboxylic acids is 2. The van der Waals surface area contributed by atoms with Crippen molar-refractivity contribution in [3.63, 3.8) is 0 Å². The van der Waals surface area contributed by atoms with Gasteiger partial charge in [-0.15, -0.1) is 0 Å². The number of aliphatic imine (C=N–C) groups is 1. The predicted molar refractivity (Wildman–Crippen MR) is 117 cm³/mol. The molecule has 4 rings (SSSR count). The Labute approximate surface area is 186 Å². The lowest BCUT2D eigenvalue weighted by Gasteiger charge is -2.39. The quantitative estimate of drug-likeness (QED) is 0.544. The second-order valence-electron chi connectivity index (χ2n) is 7.38. The van der Waals surface area contributed by atoms with Crippen molar-refractivity contribution in [2.24, 2.45) is 10.9 Å². The standard InChI is InChI=1S/C22H26N6O4/c1-3-32-20(30)17-18(15-7-4-5-8-16(15)31-2)25-22(26-19(17)29)28-13-11-27(12-14-28)21-23-9-6-10-24-21/h4-10,17-18H,3,11-14H2,1-2H3,(H,25,26,29)/t17-,18+/m1/s1. The van der Waals surface area contributed by atoms with E-state index in [1.807, 2.05) is 23.1 Å². The van der Waals surface area contributed by atoms with Gasteiger partial charge in [-0.05, 0) is 19.1 Å². The van der Waals surface area contributed by atoms with Crippen LogP contribution in [-0.4, -0.2) is 72.6 Å². The summed E-state index contributed by atoms with van der Waals surface area (Å²) in [6.45, 7) is 4.50. The number of anilines is 1. The van der Waals surface area contributed by atoms with Crippen LogP contribution in [0.4, 0.5) is 5.95 Å². The number of nitrogens with one attached hydrogen (secondary N) is 1. The van der Waals surface area contributed by atoms with E-state index in [9.17, 15) is 9.59 Å². The highest BCUT2D eigenvalue weighted by molar-refractivity contribution is 6.08. The van der Waals surface area contributed by atoms with Crippen LogP contribution in [0.1, 0.15) is 18.5 Å². The molecule has 2 atom stereocenters. The minimum absolute atomic E-state index is 0.182. The number of guanidine groups is 1. The van der Waals surface area contributed by atoms with E-state index in [1.54, 1.807) is 38.6 Å². The van der Waals surface area contributed by atoms with Crippen LogP contribution in [0, 0.1) is 5.92 Å². The monoisotopic (exact) mass is 438 g/mol. The summed E-state index contributed by atoms with van der Waals surface area (Å²) in [5, 5.41) is 2.81. The summed E-state index contributed by atoms with van der Waals surface area (Å²) in [6, 6.07) is 8.31. The molecule has 0 radical (unpaired) electrons. The molecule has 1 saturated heterocycles. The molecule has 0 unspecified atom stereocenters. The Kier molecular flexibility index (Phi) is 6.48. The third-order valence-corrected chi connectivity index (χ3v) is 5.51. The van der Waals surface area contributed by atoms with Gasteiger partial charge in [0.25, 0.3) is 0 Å². The number of hydrogen-bond acceptors (Lipinski definition) is 9. The molecule has 1 N–H and O–H groups in total. The fourth-order valence-electron chi connectivity index (χ4n) is 3.93. The third kappa shape index (κ3) is 4.34. The Morgan fingerprint density at radius 1 is 1.09 bits per heavy atom. The maximum absolute atomic E-state index is 13.0. The van der Waals surface area contributed by atoms with E-state index >= 15 is 0 Å². The number of aromatic nitrogens is 2. The van der Waals surface area contributed by atoms with Gasteiger partial charge in [-0.2, -0.15) is 0 Å². The second-order valence-corrected chi connectivity index (χ2v) is 7.38. The minimum Gasteiger partial charge on any atom is -0.496 e. The SMILES string of the molecule is CCOC(=O)[C@H]1C(=O)NC(N2CCN(c3ncccn3)CC2)=N[C@H]1c1ccccc1OC. The highest BCUT2D eigenvalue weighted by Crippen LogP contribution is 2.36. The number of nitrogens with zero attached hydrogens (tertiary/aromatic N) is 5. The van der Waals surface area contributed by atoms with E-state index in [1.165, 1.54) is 0 Å². The molecule has 168 valence electrons. The highest BCUT2D eigenvalue weighted by atomic mass is 16.5. The first-order chi connectivity index (χ1) is 15.6. The number of para-hydroxylation sites is 1. The summed E-state index contributed by atoms with van der Waals surface area (Å²) in [6.07, 6.45) is 3.43. The van der Waals surface area contributed by atoms with E-state index in [4.69, 9.17) is 14.5 Å². The first kappa shape index (κ1) is 21.5. The number of rotatable bonds is 5. The number of piperazine rings is 1. The van der Waals surface area contributed by atoms with Gasteiger partial charge in [0.15, 0.2) is 5.92 Å². The molecule has 32 heavy (non-hydrogen) atoms. The Hall–Kier alpha value is -3.69. The van der Waals surface area contributed by atoms with Crippen molar-refractivity contribution in [2.45, 2.75) is 13.0 Å². The molecule has 10 nitrogen and oxygen atoms in total. The smallest absolute Gasteiger partial charge is 0.321 e. The fraction of sp³-hybridized carbons (Fsp3) is 0.409. The average molecular weight is 438 g/mol. The Morgan fingerprint density at radius 2 is 1.78 bits per heavy atom. The molecule has 0 saturated carbocycles. The number of hydrogen-bond donors (Lipinski definition) is 1. The van der Waals surface area contributed by atoms with E-state index in [2.05, 4.69) is 20.2 Å². The lowest BCUT2D eigenvalue weighted by Crippen LogP contribution is -2.57. The Balaban J connectivity index is 1.60. The molecule has 10 heteroatoms. The van der Waals surface area contributed by atoms with Gasteiger partial charge < -0.3 is 19.3 Å². The second kappa shape index (κ2) is 9.63. The van der Waals surface area contributed by atoms with Crippen LogP contribution in [0.25, 0.3) is 0 Å². The van der Waals surface area contributed by atoms with E-state index in [-0.39, 0.29) is 6.61 Å². The molecule has 2 aliphatic heterocycles. The van der Waals surface area contributed by atoms with Crippen LogP contribution >= 0.6 is 0 Å². The van der Waals surface area contributed by atoms with Gasteiger partial charge in [0.2, 0.25) is 17.8 Å². The molecule has 2 aliphatic rings. The number of methoxy groups -OCH3 is 1. The van der Waals surface area contributed by atoms with E-state index in [0.717, 1.165) is 0 Å². The van der Waals surface area contributed by atoms with E-state index in [0.29, 0.717) is 49.4 Å². The molecule has 0 bridgehead atoms. The first-order valence-electron chi connectivity index (χ1n) is 10.6. The number of amides is 1. The minimum atomic E-state index is -1.09. The molecule has 0 aliphatic carbocycles. The van der Waals surface area contributed by atoms with Gasteiger partial charge >= 0.3 is 5.97 Å². The van der Waals surface area contributed by atoms with Crippen LogP contribution in [0.3, 0.4) is 0 Å². The first-order valence-corrected chi connectivity index (χ1v) is 10.6. The van der Waals surface area contributed by atoms with Crippen LogP contribution < -0.4 is 15.0 Å². The molecule has 1 aromatic carbocycles. The largest absolute Gasteiger partial charge is 0.496 e. The molecular weight excluding hydrogens is 412 g/mol. The van der Waals surface area contributed by atoms with Crippen LogP contribution in [0.2, 0.25) is 0 Å². The van der Waals surface area contributed by atoms with Crippen LogP contribution in [-0.2, 0) is 14.3 Å². The Morgan fingerprint density at radius 3 is 2.47 bits per heavy atom. The number of ether oxygens (including phenoxy) is 2. The highest BCUT2D eigenvalue weighted by Gasteiger charge is 2.43. The molecule has 1 fully saturated rings. The normalized spacial score (nSPS) is 20.9. The number of carbonyl (C=O) groups is 2. The maximum Gasteiger partial charge on any atom is 0.321 e. The van der Waals surface area contributed by atoms with Crippen molar-refractivity contribution in [3.8, 4) is 5.75 Å². The predicted octanol–water partition coefficient (Wildman–Crippen LogP) is 1.01. The van der Waals surface area contributed by atoms with E-state index < -0.39 is 23.8 Å².